The number of benzene rings is 3. The summed E-state index contributed by atoms with van der Waals surface area (Å²) in [6, 6.07) is 26.6. The van der Waals surface area contributed by atoms with Gasteiger partial charge in [0.05, 0.1) is 41.6 Å². The first-order chi connectivity index (χ1) is 21.5. The van der Waals surface area contributed by atoms with Crippen LogP contribution in [0.5, 0.6) is 5.75 Å². The number of hydrogen-bond donors (Lipinski definition) is 1. The highest BCUT2D eigenvalue weighted by Crippen LogP contribution is 2.35. The van der Waals surface area contributed by atoms with Gasteiger partial charge in [-0.1, -0.05) is 60.3 Å². The van der Waals surface area contributed by atoms with Crippen molar-refractivity contribution in [3.63, 3.8) is 0 Å². The molecule has 3 heterocycles. The minimum absolute atomic E-state index is 0.00367. The Morgan fingerprint density at radius 1 is 1.00 bits per heavy atom. The van der Waals surface area contributed by atoms with Gasteiger partial charge in [0.2, 0.25) is 0 Å². The van der Waals surface area contributed by atoms with Crippen molar-refractivity contribution in [3.8, 4) is 11.4 Å². The van der Waals surface area contributed by atoms with E-state index in [1.165, 1.54) is 30.0 Å². The van der Waals surface area contributed by atoms with Crippen LogP contribution in [0, 0.1) is 5.82 Å². The molecular formula is C32H27FN6O3S2. The van der Waals surface area contributed by atoms with Gasteiger partial charge in [-0.05, 0) is 53.4 Å². The summed E-state index contributed by atoms with van der Waals surface area (Å²) >= 11 is 2.82. The molecule has 0 unspecified atom stereocenters. The summed E-state index contributed by atoms with van der Waals surface area (Å²) in [5.41, 5.74) is 2.52. The first kappa shape index (κ1) is 29.3. The molecular weight excluding hydrogens is 600 g/mol. The number of hydrazone groups is 1. The van der Waals surface area contributed by atoms with E-state index in [0.29, 0.717) is 17.4 Å². The number of thioether (sulfide) groups is 1. The minimum atomic E-state index is -0.607. The molecule has 1 N–H and O–H groups in total. The number of para-hydroxylation sites is 1. The Kier molecular flexibility index (Phi) is 8.80. The van der Waals surface area contributed by atoms with Crippen LogP contribution < -0.4 is 10.1 Å². The van der Waals surface area contributed by atoms with Gasteiger partial charge >= 0.3 is 0 Å². The van der Waals surface area contributed by atoms with Gasteiger partial charge in [-0.3, -0.25) is 14.2 Å². The van der Waals surface area contributed by atoms with Gasteiger partial charge in [-0.2, -0.15) is 5.10 Å². The van der Waals surface area contributed by atoms with Crippen molar-refractivity contribution in [1.82, 2.24) is 25.1 Å². The van der Waals surface area contributed by atoms with E-state index in [-0.39, 0.29) is 29.8 Å². The molecule has 0 bridgehead atoms. The van der Waals surface area contributed by atoms with Gasteiger partial charge in [0.1, 0.15) is 11.6 Å². The van der Waals surface area contributed by atoms with Crippen molar-refractivity contribution >= 4 is 40.6 Å². The zero-order chi connectivity index (χ0) is 30.5. The van der Waals surface area contributed by atoms with Gasteiger partial charge in [0.15, 0.2) is 11.0 Å². The zero-order valence-corrected chi connectivity index (χ0v) is 25.2. The lowest BCUT2D eigenvalue weighted by atomic mass is 10.0. The predicted octanol–water partition coefficient (Wildman–Crippen LogP) is 5.88. The first-order valence-corrected chi connectivity index (χ1v) is 15.6. The Morgan fingerprint density at radius 2 is 1.77 bits per heavy atom. The van der Waals surface area contributed by atoms with Gasteiger partial charge < -0.3 is 10.1 Å². The molecule has 1 aliphatic heterocycles. The third-order valence-electron chi connectivity index (χ3n) is 7.04. The Hall–Kier alpha value is -4.81. The number of aromatic nitrogens is 3. The van der Waals surface area contributed by atoms with E-state index in [9.17, 15) is 14.0 Å². The highest BCUT2D eigenvalue weighted by atomic mass is 32.2. The Labute approximate surface area is 261 Å². The van der Waals surface area contributed by atoms with E-state index in [2.05, 4.69) is 15.5 Å². The van der Waals surface area contributed by atoms with E-state index in [1.807, 2.05) is 72.1 Å². The SMILES string of the molecule is COc1ccc([C@@H]2CC(c3cccs3)=NN2C(=O)CSc2nnc(CNC(=O)c3ccccc3F)n2-c2ccccc2)cc1. The molecule has 9 nitrogen and oxygen atoms in total. The van der Waals surface area contributed by atoms with Gasteiger partial charge in [-0.25, -0.2) is 9.40 Å². The van der Waals surface area contributed by atoms with Crippen molar-refractivity contribution in [2.24, 2.45) is 5.10 Å². The number of carbonyl (C=O) groups excluding carboxylic acids is 2. The van der Waals surface area contributed by atoms with Crippen molar-refractivity contribution in [2.75, 3.05) is 12.9 Å². The topological polar surface area (TPSA) is 102 Å². The van der Waals surface area contributed by atoms with Crippen LogP contribution in [0.4, 0.5) is 4.39 Å². The molecule has 2 aromatic heterocycles. The molecule has 1 aliphatic rings. The van der Waals surface area contributed by atoms with Crippen molar-refractivity contribution in [3.05, 3.63) is 124 Å². The van der Waals surface area contributed by atoms with Crippen LogP contribution in [0.15, 0.2) is 107 Å². The summed E-state index contributed by atoms with van der Waals surface area (Å²) in [5.74, 6) is -0.121. The molecule has 44 heavy (non-hydrogen) atoms. The predicted molar refractivity (Wildman–Crippen MR) is 168 cm³/mol. The van der Waals surface area contributed by atoms with Gasteiger partial charge in [-0.15, -0.1) is 21.5 Å². The molecule has 0 saturated heterocycles. The standard InChI is InChI=1S/C32H27FN6O3S2/c1-42-23-15-13-21(14-16-23)27-18-26(28-12-7-17-43-28)37-39(27)30(40)20-44-32-36-35-29(38(32)22-8-3-2-4-9-22)19-34-31(41)24-10-5-6-11-25(24)33/h2-17,27H,18-20H2,1H3,(H,34,41)/t27-/m0/s1. The molecule has 2 amide bonds. The molecule has 222 valence electrons. The van der Waals surface area contributed by atoms with E-state index in [0.717, 1.165) is 27.6 Å². The maximum Gasteiger partial charge on any atom is 0.254 e. The van der Waals surface area contributed by atoms with Gasteiger partial charge in [0.25, 0.3) is 11.8 Å². The van der Waals surface area contributed by atoms with Crippen molar-refractivity contribution < 1.29 is 18.7 Å². The molecule has 3 aromatic carbocycles. The van der Waals surface area contributed by atoms with Crippen LogP contribution in [0.3, 0.4) is 0 Å². The maximum atomic E-state index is 14.1. The number of hydrogen-bond acceptors (Lipinski definition) is 8. The molecule has 12 heteroatoms. The smallest absolute Gasteiger partial charge is 0.254 e. The number of carbonyl (C=O) groups is 2. The lowest BCUT2D eigenvalue weighted by molar-refractivity contribution is -0.130. The molecule has 0 fully saturated rings. The summed E-state index contributed by atoms with van der Waals surface area (Å²) in [4.78, 5) is 27.4. The fourth-order valence-electron chi connectivity index (χ4n) is 4.85. The Balaban J connectivity index is 1.22. The minimum Gasteiger partial charge on any atom is -0.497 e. The monoisotopic (exact) mass is 626 g/mol. The van der Waals surface area contributed by atoms with Crippen molar-refractivity contribution in [2.45, 2.75) is 24.2 Å². The fraction of sp³-hybridized carbons (Fsp3) is 0.156. The highest BCUT2D eigenvalue weighted by molar-refractivity contribution is 7.99. The van der Waals surface area contributed by atoms with E-state index < -0.39 is 11.7 Å². The third-order valence-corrected chi connectivity index (χ3v) is 8.87. The number of ether oxygens (including phenoxy) is 1. The number of nitrogens with one attached hydrogen (secondary N) is 1. The van der Waals surface area contributed by atoms with Crippen LogP contribution in [-0.4, -0.2) is 50.2 Å². The summed E-state index contributed by atoms with van der Waals surface area (Å²) in [5, 5.41) is 20.2. The summed E-state index contributed by atoms with van der Waals surface area (Å²) in [6.45, 7) is 0.00367. The Morgan fingerprint density at radius 3 is 2.50 bits per heavy atom. The van der Waals surface area contributed by atoms with Crippen LogP contribution in [-0.2, 0) is 11.3 Å². The average Bonchev–Trinajstić information content (AvgIpc) is 3.83. The van der Waals surface area contributed by atoms with Crippen LogP contribution >= 0.6 is 23.1 Å². The van der Waals surface area contributed by atoms with E-state index >= 15 is 0 Å². The number of halogens is 1. The lowest BCUT2D eigenvalue weighted by Crippen LogP contribution is -2.28. The second-order valence-electron chi connectivity index (χ2n) is 9.78. The number of thiophene rings is 1. The van der Waals surface area contributed by atoms with E-state index in [4.69, 9.17) is 9.84 Å². The summed E-state index contributed by atoms with van der Waals surface area (Å²) in [6.07, 6.45) is 0.593. The largest absolute Gasteiger partial charge is 0.497 e. The highest BCUT2D eigenvalue weighted by Gasteiger charge is 2.33. The van der Waals surface area contributed by atoms with Crippen molar-refractivity contribution in [1.29, 1.82) is 0 Å². The van der Waals surface area contributed by atoms with E-state index in [1.54, 1.807) is 34.1 Å². The molecule has 1 atom stereocenters. The molecule has 0 saturated carbocycles. The molecule has 0 spiro atoms. The third kappa shape index (κ3) is 6.26. The zero-order valence-electron chi connectivity index (χ0n) is 23.6. The molecule has 6 rings (SSSR count). The molecule has 0 aliphatic carbocycles. The normalized spacial score (nSPS) is 14.4. The van der Waals surface area contributed by atoms with Crippen LogP contribution in [0.25, 0.3) is 5.69 Å². The number of rotatable bonds is 10. The second-order valence-corrected chi connectivity index (χ2v) is 11.7. The second kappa shape index (κ2) is 13.2. The summed E-state index contributed by atoms with van der Waals surface area (Å²) < 4.78 is 21.2. The molecule has 5 aromatic rings. The Bertz CT molecular complexity index is 1790. The number of amides is 2. The maximum absolute atomic E-state index is 14.1. The van der Waals surface area contributed by atoms with Crippen LogP contribution in [0.2, 0.25) is 0 Å². The first-order valence-electron chi connectivity index (χ1n) is 13.7. The number of nitrogens with zero attached hydrogens (tertiary/aromatic N) is 5. The van der Waals surface area contributed by atoms with Gasteiger partial charge in [0, 0.05) is 12.1 Å². The van der Waals surface area contributed by atoms with Crippen LogP contribution in [0.1, 0.15) is 39.1 Å². The summed E-state index contributed by atoms with van der Waals surface area (Å²) in [7, 11) is 1.62. The number of methoxy groups -OCH3 is 1. The fourth-order valence-corrected chi connectivity index (χ4v) is 6.40. The molecule has 0 radical (unpaired) electrons. The lowest BCUT2D eigenvalue weighted by Gasteiger charge is -2.22. The quantitative estimate of drug-likeness (QED) is 0.195. The average molecular weight is 627 g/mol.